The van der Waals surface area contributed by atoms with E-state index in [4.69, 9.17) is 9.47 Å². The quantitative estimate of drug-likeness (QED) is 0.378. The van der Waals surface area contributed by atoms with Crippen molar-refractivity contribution in [2.75, 3.05) is 29.6 Å². The van der Waals surface area contributed by atoms with Gasteiger partial charge in [-0.1, -0.05) is 49.4 Å². The third-order valence-corrected chi connectivity index (χ3v) is 10.4. The summed E-state index contributed by atoms with van der Waals surface area (Å²) in [5.41, 5.74) is -0.209. The van der Waals surface area contributed by atoms with Gasteiger partial charge in [-0.2, -0.15) is 0 Å². The third kappa shape index (κ3) is 5.09. The highest BCUT2D eigenvalue weighted by Gasteiger charge is 2.66. The molecule has 3 aromatic rings. The number of nitrogens with zero attached hydrogens (tertiary/aromatic N) is 3. The van der Waals surface area contributed by atoms with Crippen LogP contribution in [0.4, 0.5) is 21.5 Å². The number of amides is 3. The van der Waals surface area contributed by atoms with Crippen LogP contribution in [0.15, 0.2) is 72.8 Å². The average molecular weight is 642 g/mol. The Morgan fingerprint density at radius 3 is 2.53 bits per heavy atom. The molecule has 1 spiro atoms. The number of halogens is 1. The summed E-state index contributed by atoms with van der Waals surface area (Å²) in [6.45, 7) is 5.29. The number of anilines is 3. The molecule has 10 heteroatoms. The van der Waals surface area contributed by atoms with Crippen LogP contribution >= 0.6 is 0 Å². The molecular weight excluding hydrogens is 601 g/mol. The molecule has 246 valence electrons. The number of rotatable bonds is 7. The van der Waals surface area contributed by atoms with Gasteiger partial charge in [0, 0.05) is 29.6 Å². The summed E-state index contributed by atoms with van der Waals surface area (Å²) in [5, 5.41) is 9.87. The maximum absolute atomic E-state index is 16.3. The Morgan fingerprint density at radius 2 is 1.79 bits per heavy atom. The van der Waals surface area contributed by atoms with Crippen molar-refractivity contribution in [1.82, 2.24) is 4.90 Å². The van der Waals surface area contributed by atoms with E-state index in [2.05, 4.69) is 0 Å². The van der Waals surface area contributed by atoms with Crippen LogP contribution in [-0.4, -0.2) is 65.3 Å². The molecular formula is C37H40FN3O6. The molecule has 0 unspecified atom stereocenters. The van der Waals surface area contributed by atoms with Gasteiger partial charge < -0.3 is 24.4 Å². The molecule has 3 amide bonds. The number of likely N-dealkylation sites (tertiary alicyclic amines) is 1. The van der Waals surface area contributed by atoms with Crippen molar-refractivity contribution in [2.24, 2.45) is 11.8 Å². The largest absolute Gasteiger partial charge is 0.482 e. The van der Waals surface area contributed by atoms with E-state index in [1.807, 2.05) is 67.6 Å². The van der Waals surface area contributed by atoms with Crippen LogP contribution in [-0.2, 0) is 31.3 Å². The zero-order valence-electron chi connectivity index (χ0n) is 26.9. The molecule has 0 saturated carbocycles. The van der Waals surface area contributed by atoms with Crippen molar-refractivity contribution < 1.29 is 33.4 Å². The smallest absolute Gasteiger partial charge is 0.269 e. The number of aliphatic hydroxyl groups is 1. The summed E-state index contributed by atoms with van der Waals surface area (Å²) >= 11 is 0. The fraction of sp³-hybridized carbons (Fsp3) is 0.432. The maximum atomic E-state index is 16.3. The normalized spacial score (nSPS) is 27.0. The monoisotopic (exact) mass is 641 g/mol. The Balaban J connectivity index is 1.34. The van der Waals surface area contributed by atoms with E-state index in [9.17, 15) is 19.5 Å². The number of hydrogen-bond donors (Lipinski definition) is 1. The standard InChI is InChI=1S/C37H40FN3O6/c1-23-34(36(2,3)38)31(19-32(43)39-17-9-12-26(39)21-42)47-37(23)27-18-25(41-29-13-7-8-14-30(29)46-22-33(41)44)15-16-28(27)40(35(37)45)20-24-10-5-4-6-11-24/h4-8,10-11,13-16,18,23,26,31,34,42H,9,12,17,19-22H2,1-3H3/t23-,26-,31+,34-,37+/m0/s1. The van der Waals surface area contributed by atoms with E-state index >= 15 is 4.39 Å². The minimum absolute atomic E-state index is 0.114. The fourth-order valence-electron chi connectivity index (χ4n) is 8.33. The molecule has 0 aliphatic carbocycles. The summed E-state index contributed by atoms with van der Waals surface area (Å²) in [6.07, 6.45) is 0.475. The number of para-hydroxylation sites is 2. The average Bonchev–Trinajstić information content (AvgIpc) is 3.72. The highest BCUT2D eigenvalue weighted by Crippen LogP contribution is 2.59. The van der Waals surface area contributed by atoms with Gasteiger partial charge in [-0.15, -0.1) is 0 Å². The van der Waals surface area contributed by atoms with Crippen molar-refractivity contribution in [1.29, 1.82) is 0 Å². The highest BCUT2D eigenvalue weighted by molar-refractivity contribution is 6.09. The van der Waals surface area contributed by atoms with Crippen LogP contribution in [0.3, 0.4) is 0 Å². The Hall–Kier alpha value is -4.28. The minimum Gasteiger partial charge on any atom is -0.482 e. The van der Waals surface area contributed by atoms with Crippen LogP contribution < -0.4 is 14.5 Å². The zero-order chi connectivity index (χ0) is 33.1. The molecule has 0 radical (unpaired) electrons. The first kappa shape index (κ1) is 31.3. The third-order valence-electron chi connectivity index (χ3n) is 10.4. The van der Waals surface area contributed by atoms with E-state index in [1.165, 1.54) is 13.8 Å². The topological polar surface area (TPSA) is 99.6 Å². The number of carbonyl (C=O) groups is 3. The van der Waals surface area contributed by atoms with Gasteiger partial charge in [0.2, 0.25) is 5.91 Å². The number of fused-ring (bicyclic) bond motifs is 3. The molecule has 1 N–H and O–H groups in total. The summed E-state index contributed by atoms with van der Waals surface area (Å²) in [5.74, 6) is -1.71. The molecule has 4 heterocycles. The van der Waals surface area contributed by atoms with Gasteiger partial charge in [-0.3, -0.25) is 19.3 Å². The van der Waals surface area contributed by atoms with Crippen LogP contribution in [0, 0.1) is 11.8 Å². The van der Waals surface area contributed by atoms with Crippen LogP contribution in [0.2, 0.25) is 0 Å². The Kier molecular flexibility index (Phi) is 7.83. The van der Waals surface area contributed by atoms with Crippen LogP contribution in [0.5, 0.6) is 5.75 Å². The van der Waals surface area contributed by atoms with Gasteiger partial charge in [-0.25, -0.2) is 4.39 Å². The first-order chi connectivity index (χ1) is 22.5. The van der Waals surface area contributed by atoms with E-state index in [-0.39, 0.29) is 49.9 Å². The molecule has 0 bridgehead atoms. The lowest BCUT2D eigenvalue weighted by Gasteiger charge is -2.33. The molecule has 0 aromatic heterocycles. The Morgan fingerprint density at radius 1 is 1.04 bits per heavy atom. The number of benzene rings is 3. The molecule has 7 rings (SSSR count). The predicted molar refractivity (Wildman–Crippen MR) is 174 cm³/mol. The molecule has 47 heavy (non-hydrogen) atoms. The molecule has 9 nitrogen and oxygen atoms in total. The van der Waals surface area contributed by atoms with Crippen LogP contribution in [0.25, 0.3) is 0 Å². The molecule has 2 saturated heterocycles. The van der Waals surface area contributed by atoms with E-state index in [1.54, 1.807) is 26.8 Å². The number of aliphatic hydroxyl groups excluding tert-OH is 1. The zero-order valence-corrected chi connectivity index (χ0v) is 26.9. The molecule has 4 aliphatic rings. The summed E-state index contributed by atoms with van der Waals surface area (Å²) < 4.78 is 28.8. The summed E-state index contributed by atoms with van der Waals surface area (Å²) in [6, 6.07) is 22.0. The van der Waals surface area contributed by atoms with Gasteiger partial charge in [-0.05, 0) is 62.6 Å². The summed E-state index contributed by atoms with van der Waals surface area (Å²) in [7, 11) is 0. The lowest BCUT2D eigenvalue weighted by molar-refractivity contribution is -0.150. The van der Waals surface area contributed by atoms with Crippen LogP contribution in [0.1, 0.15) is 51.2 Å². The number of alkyl halides is 1. The number of ether oxygens (including phenoxy) is 2. The maximum Gasteiger partial charge on any atom is 0.269 e. The lowest BCUT2D eigenvalue weighted by Crippen LogP contribution is -2.45. The van der Waals surface area contributed by atoms with Gasteiger partial charge in [0.15, 0.2) is 12.2 Å². The van der Waals surface area contributed by atoms with Gasteiger partial charge in [0.05, 0.1) is 43.1 Å². The highest BCUT2D eigenvalue weighted by atomic mass is 19.1. The van der Waals surface area contributed by atoms with Gasteiger partial charge in [0.25, 0.3) is 11.8 Å². The molecule has 4 aliphatic heterocycles. The number of hydrogen-bond acceptors (Lipinski definition) is 6. The second-order valence-electron chi connectivity index (χ2n) is 13.6. The van der Waals surface area contributed by atoms with Gasteiger partial charge >= 0.3 is 0 Å². The predicted octanol–water partition coefficient (Wildman–Crippen LogP) is 5.26. The first-order valence-corrected chi connectivity index (χ1v) is 16.4. The SMILES string of the molecule is C[C@H]1[C@H](C(C)(C)F)[C@@H](CC(=O)N2CCC[C@H]2CO)O[C@]12C(=O)N(Cc1ccccc1)c1ccc(N3C(=O)COc4ccccc43)cc12. The van der Waals surface area contributed by atoms with E-state index in [0.29, 0.717) is 41.3 Å². The second-order valence-corrected chi connectivity index (χ2v) is 13.6. The van der Waals surface area contributed by atoms with Crippen molar-refractivity contribution >= 4 is 34.8 Å². The van der Waals surface area contributed by atoms with Crippen molar-refractivity contribution in [3.8, 4) is 5.75 Å². The van der Waals surface area contributed by atoms with Crippen molar-refractivity contribution in [3.63, 3.8) is 0 Å². The molecule has 3 aromatic carbocycles. The van der Waals surface area contributed by atoms with E-state index < -0.39 is 29.2 Å². The Labute approximate surface area is 273 Å². The lowest BCUT2D eigenvalue weighted by atomic mass is 9.71. The minimum atomic E-state index is -1.79. The first-order valence-electron chi connectivity index (χ1n) is 16.4. The van der Waals surface area contributed by atoms with Gasteiger partial charge in [0.1, 0.15) is 11.4 Å². The Bertz CT molecular complexity index is 1710. The molecule has 5 atom stereocenters. The summed E-state index contributed by atoms with van der Waals surface area (Å²) in [4.78, 5) is 46.8. The van der Waals surface area contributed by atoms with Crippen molar-refractivity contribution in [3.05, 3.63) is 83.9 Å². The van der Waals surface area contributed by atoms with Crippen molar-refractivity contribution in [2.45, 2.75) is 70.0 Å². The molecule has 2 fully saturated rings. The fourth-order valence-corrected chi connectivity index (χ4v) is 8.33. The second kappa shape index (κ2) is 11.8. The van der Waals surface area contributed by atoms with E-state index in [0.717, 1.165) is 12.0 Å². The number of carbonyl (C=O) groups excluding carboxylic acids is 3.